The highest BCUT2D eigenvalue weighted by Gasteiger charge is 2.16. The van der Waals surface area contributed by atoms with Gasteiger partial charge in [-0.25, -0.2) is 9.02 Å². The van der Waals surface area contributed by atoms with Gasteiger partial charge in [0.15, 0.2) is 0 Å². The first-order chi connectivity index (χ1) is 15.6. The summed E-state index contributed by atoms with van der Waals surface area (Å²) < 4.78 is 18.5. The number of nitrogen functional groups attached to an aromatic ring is 1. The molecule has 0 aliphatic heterocycles. The molecule has 4 N–H and O–H groups in total. The van der Waals surface area contributed by atoms with Crippen LogP contribution in [0.5, 0.6) is 0 Å². The molecule has 0 unspecified atom stereocenters. The Kier molecular flexibility index (Phi) is 6.46. The normalized spacial score (nSPS) is 10.9. The molecule has 2 aromatic heterocycles. The third-order valence-electron chi connectivity index (χ3n) is 4.65. The van der Waals surface area contributed by atoms with E-state index in [1.807, 2.05) is 30.3 Å². The van der Waals surface area contributed by atoms with Crippen molar-refractivity contribution in [2.24, 2.45) is 0 Å². The van der Waals surface area contributed by atoms with Gasteiger partial charge in [-0.05, 0) is 16.4 Å². The maximum Gasteiger partial charge on any atom is 0.277 e. The Morgan fingerprint density at radius 1 is 1.03 bits per heavy atom. The Hall–Kier alpha value is -4.12. The summed E-state index contributed by atoms with van der Waals surface area (Å²) in [4.78, 5) is 13.5. The zero-order valence-corrected chi connectivity index (χ0v) is 17.0. The molecular formula is C21H21FN8O2. The molecule has 0 atom stereocenters. The molecule has 10 nitrogen and oxygen atoms in total. The molecule has 11 heteroatoms. The highest BCUT2D eigenvalue weighted by atomic mass is 19.1. The van der Waals surface area contributed by atoms with E-state index >= 15 is 0 Å². The average molecular weight is 436 g/mol. The minimum Gasteiger partial charge on any atom is -0.379 e. The van der Waals surface area contributed by atoms with Crippen molar-refractivity contribution < 1.29 is 13.8 Å². The van der Waals surface area contributed by atoms with Crippen LogP contribution in [0.3, 0.4) is 0 Å². The molecule has 0 bridgehead atoms. The molecule has 0 saturated carbocycles. The van der Waals surface area contributed by atoms with Gasteiger partial charge in [0.2, 0.25) is 11.5 Å². The summed E-state index contributed by atoms with van der Waals surface area (Å²) in [5.41, 5.74) is 8.29. The number of hydrogen-bond acceptors (Lipinski definition) is 8. The monoisotopic (exact) mass is 436 g/mol. The van der Waals surface area contributed by atoms with Crippen molar-refractivity contribution in [3.05, 3.63) is 77.4 Å². The highest BCUT2D eigenvalue weighted by Crippen LogP contribution is 2.20. The minimum absolute atomic E-state index is 0.0487. The zero-order chi connectivity index (χ0) is 22.3. The maximum atomic E-state index is 14.0. The lowest BCUT2D eigenvalue weighted by Gasteiger charge is -2.05. The topological polar surface area (TPSA) is 137 Å². The van der Waals surface area contributed by atoms with Crippen LogP contribution < -0.4 is 16.4 Å². The number of aromatic nitrogens is 5. The maximum absolute atomic E-state index is 14.0. The number of carbonyl (C=O) groups is 1. The summed E-state index contributed by atoms with van der Waals surface area (Å²) in [7, 11) is 0. The van der Waals surface area contributed by atoms with E-state index in [9.17, 15) is 9.18 Å². The van der Waals surface area contributed by atoms with Gasteiger partial charge in [-0.3, -0.25) is 4.79 Å². The lowest BCUT2D eigenvalue weighted by Crippen LogP contribution is -2.32. The van der Waals surface area contributed by atoms with Gasteiger partial charge in [-0.2, -0.15) is 15.0 Å². The SMILES string of the molecule is Nc1nonc1C(=O)NCCNCc1nn(Cc2ccccc2F)nc1-c1ccccc1. The van der Waals surface area contributed by atoms with Gasteiger partial charge in [0.1, 0.15) is 17.2 Å². The molecule has 2 aromatic carbocycles. The molecule has 0 spiro atoms. The first kappa shape index (κ1) is 21.1. The van der Waals surface area contributed by atoms with Crippen molar-refractivity contribution in [1.29, 1.82) is 0 Å². The molecule has 0 aliphatic carbocycles. The molecule has 0 saturated heterocycles. The third kappa shape index (κ3) is 4.95. The van der Waals surface area contributed by atoms with E-state index < -0.39 is 5.91 Å². The number of nitrogens with zero attached hydrogens (tertiary/aromatic N) is 5. The summed E-state index contributed by atoms with van der Waals surface area (Å²) in [5, 5.41) is 21.9. The summed E-state index contributed by atoms with van der Waals surface area (Å²) >= 11 is 0. The quantitative estimate of drug-likeness (QED) is 0.337. The number of amides is 1. The third-order valence-corrected chi connectivity index (χ3v) is 4.65. The molecular weight excluding hydrogens is 415 g/mol. The van der Waals surface area contributed by atoms with E-state index in [2.05, 4.69) is 35.8 Å². The number of anilines is 1. The molecule has 1 amide bonds. The van der Waals surface area contributed by atoms with Crippen LogP contribution in [-0.4, -0.2) is 44.3 Å². The second-order valence-corrected chi connectivity index (χ2v) is 6.91. The van der Waals surface area contributed by atoms with E-state index in [0.717, 1.165) is 5.56 Å². The van der Waals surface area contributed by atoms with Crippen molar-refractivity contribution in [2.75, 3.05) is 18.8 Å². The number of nitrogens with one attached hydrogen (secondary N) is 2. The standard InChI is InChI=1S/C21H21FN8O2/c22-16-9-5-4-8-15(16)13-30-26-17(18(27-30)14-6-2-1-3-7-14)12-24-10-11-25-21(31)19-20(23)29-32-28-19/h1-9,24H,10-13H2,(H2,23,29)(H,25,31). The van der Waals surface area contributed by atoms with E-state index in [-0.39, 0.29) is 23.9 Å². The smallest absolute Gasteiger partial charge is 0.277 e. The van der Waals surface area contributed by atoms with Crippen LogP contribution >= 0.6 is 0 Å². The highest BCUT2D eigenvalue weighted by molar-refractivity contribution is 5.95. The van der Waals surface area contributed by atoms with Crippen LogP contribution in [0.15, 0.2) is 59.2 Å². The van der Waals surface area contributed by atoms with Crippen LogP contribution in [0, 0.1) is 5.82 Å². The van der Waals surface area contributed by atoms with Gasteiger partial charge in [-0.1, -0.05) is 48.5 Å². The summed E-state index contributed by atoms with van der Waals surface area (Å²) in [5.74, 6) is -0.829. The molecule has 32 heavy (non-hydrogen) atoms. The summed E-state index contributed by atoms with van der Waals surface area (Å²) in [6, 6.07) is 16.2. The van der Waals surface area contributed by atoms with Gasteiger partial charge < -0.3 is 16.4 Å². The number of carbonyl (C=O) groups excluding carboxylic acids is 1. The largest absolute Gasteiger partial charge is 0.379 e. The fraction of sp³-hybridized carbons (Fsp3) is 0.190. The van der Waals surface area contributed by atoms with Crippen LogP contribution in [-0.2, 0) is 13.1 Å². The van der Waals surface area contributed by atoms with Gasteiger partial charge >= 0.3 is 0 Å². The lowest BCUT2D eigenvalue weighted by molar-refractivity contribution is 0.0944. The van der Waals surface area contributed by atoms with E-state index in [0.29, 0.717) is 36.6 Å². The predicted octanol–water partition coefficient (Wildman–Crippen LogP) is 1.62. The zero-order valence-electron chi connectivity index (χ0n) is 17.0. The summed E-state index contributed by atoms with van der Waals surface area (Å²) in [6.45, 7) is 1.42. The number of hydrogen-bond donors (Lipinski definition) is 3. The molecule has 164 valence electrons. The Labute approximate surface area is 182 Å². The average Bonchev–Trinajstić information content (AvgIpc) is 3.41. The summed E-state index contributed by atoms with van der Waals surface area (Å²) in [6.07, 6.45) is 0. The lowest BCUT2D eigenvalue weighted by atomic mass is 10.1. The second-order valence-electron chi connectivity index (χ2n) is 6.91. The first-order valence-corrected chi connectivity index (χ1v) is 9.91. The van der Waals surface area contributed by atoms with Crippen molar-refractivity contribution in [3.8, 4) is 11.3 Å². The van der Waals surface area contributed by atoms with Crippen LogP contribution in [0.4, 0.5) is 10.2 Å². The Balaban J connectivity index is 1.40. The van der Waals surface area contributed by atoms with Crippen molar-refractivity contribution in [3.63, 3.8) is 0 Å². The van der Waals surface area contributed by atoms with Gasteiger partial charge in [-0.15, -0.1) is 0 Å². The molecule has 2 heterocycles. The molecule has 0 radical (unpaired) electrons. The van der Waals surface area contributed by atoms with E-state index in [1.54, 1.807) is 18.2 Å². The van der Waals surface area contributed by atoms with Crippen LogP contribution in [0.1, 0.15) is 21.7 Å². The predicted molar refractivity (Wildman–Crippen MR) is 114 cm³/mol. The van der Waals surface area contributed by atoms with Crippen molar-refractivity contribution in [2.45, 2.75) is 13.1 Å². The minimum atomic E-state index is -0.466. The number of benzene rings is 2. The van der Waals surface area contributed by atoms with Gasteiger partial charge in [0, 0.05) is 30.8 Å². The number of halogens is 1. The Morgan fingerprint density at radius 2 is 1.81 bits per heavy atom. The molecule has 0 aliphatic rings. The van der Waals surface area contributed by atoms with Crippen LogP contribution in [0.25, 0.3) is 11.3 Å². The van der Waals surface area contributed by atoms with Gasteiger partial charge in [0.05, 0.1) is 6.54 Å². The molecule has 4 aromatic rings. The van der Waals surface area contributed by atoms with Crippen molar-refractivity contribution in [1.82, 2.24) is 35.9 Å². The van der Waals surface area contributed by atoms with Crippen LogP contribution in [0.2, 0.25) is 0 Å². The fourth-order valence-electron chi connectivity index (χ4n) is 3.08. The Bertz CT molecular complexity index is 1190. The van der Waals surface area contributed by atoms with E-state index in [1.165, 1.54) is 10.9 Å². The first-order valence-electron chi connectivity index (χ1n) is 9.91. The van der Waals surface area contributed by atoms with E-state index in [4.69, 9.17) is 5.73 Å². The molecule has 4 rings (SSSR count). The van der Waals surface area contributed by atoms with Crippen molar-refractivity contribution >= 4 is 11.7 Å². The second kappa shape index (κ2) is 9.79. The molecule has 0 fully saturated rings. The fourth-order valence-corrected chi connectivity index (χ4v) is 3.08. The number of nitrogens with two attached hydrogens (primary N) is 1. The Morgan fingerprint density at radius 3 is 2.56 bits per heavy atom. The van der Waals surface area contributed by atoms with Gasteiger partial charge in [0.25, 0.3) is 5.91 Å². The number of rotatable bonds is 9.